The van der Waals surface area contributed by atoms with Crippen LogP contribution in [0.5, 0.6) is 0 Å². The Hall–Kier alpha value is -2.74. The molecule has 28 heavy (non-hydrogen) atoms. The summed E-state index contributed by atoms with van der Waals surface area (Å²) in [5, 5.41) is 2.50. The molecule has 0 atom stereocenters. The van der Waals surface area contributed by atoms with Gasteiger partial charge in [0.15, 0.2) is 0 Å². The first kappa shape index (κ1) is 18.6. The number of pyridine rings is 2. The molecule has 2 heterocycles. The lowest BCUT2D eigenvalue weighted by molar-refractivity contribution is 0.527. The van der Waals surface area contributed by atoms with Gasteiger partial charge in [0, 0.05) is 23.2 Å². The van der Waals surface area contributed by atoms with Crippen molar-refractivity contribution in [3.05, 3.63) is 83.7 Å². The van der Waals surface area contributed by atoms with Crippen LogP contribution in [0.25, 0.3) is 21.8 Å². The minimum atomic E-state index is -0.00213. The van der Waals surface area contributed by atoms with Crippen molar-refractivity contribution in [2.75, 3.05) is 0 Å². The molecule has 2 aromatic heterocycles. The second kappa shape index (κ2) is 6.70. The molecule has 0 radical (unpaired) electrons. The number of rotatable bonds is 3. The van der Waals surface area contributed by atoms with E-state index in [0.717, 1.165) is 17.5 Å². The van der Waals surface area contributed by atoms with Crippen molar-refractivity contribution in [1.82, 2.24) is 9.97 Å². The fourth-order valence-corrected chi connectivity index (χ4v) is 4.26. The first-order valence-electron chi connectivity index (χ1n) is 9.98. The van der Waals surface area contributed by atoms with Crippen LogP contribution in [-0.4, -0.2) is 9.97 Å². The third-order valence-corrected chi connectivity index (χ3v) is 5.64. The molecule has 0 spiro atoms. The van der Waals surface area contributed by atoms with Gasteiger partial charge in [-0.15, -0.1) is 0 Å². The molecule has 4 aromatic rings. The van der Waals surface area contributed by atoms with Crippen LogP contribution < -0.4 is 0 Å². The van der Waals surface area contributed by atoms with Gasteiger partial charge in [0.25, 0.3) is 0 Å². The van der Waals surface area contributed by atoms with Gasteiger partial charge in [-0.1, -0.05) is 65.0 Å². The summed E-state index contributed by atoms with van der Waals surface area (Å²) in [7, 11) is 0. The van der Waals surface area contributed by atoms with Crippen LogP contribution in [0.4, 0.5) is 0 Å². The van der Waals surface area contributed by atoms with Gasteiger partial charge in [-0.2, -0.15) is 0 Å². The van der Waals surface area contributed by atoms with Gasteiger partial charge in [-0.05, 0) is 58.2 Å². The molecule has 2 aromatic carbocycles. The summed E-state index contributed by atoms with van der Waals surface area (Å²) < 4.78 is 0. The molecule has 0 amide bonds. The second-order valence-corrected chi connectivity index (χ2v) is 9.40. The smallest absolute Gasteiger partial charge is 0.0707 e. The second-order valence-electron chi connectivity index (χ2n) is 9.40. The summed E-state index contributed by atoms with van der Waals surface area (Å²) >= 11 is 0. The Kier molecular flexibility index (Phi) is 4.45. The number of nitrogens with zero attached hydrogens (tertiary/aromatic N) is 2. The molecule has 4 rings (SSSR count). The minimum Gasteiger partial charge on any atom is -0.256 e. The zero-order valence-corrected chi connectivity index (χ0v) is 17.5. The van der Waals surface area contributed by atoms with E-state index in [1.165, 1.54) is 27.5 Å². The van der Waals surface area contributed by atoms with Crippen molar-refractivity contribution in [2.45, 2.75) is 51.9 Å². The Morgan fingerprint density at radius 2 is 1.43 bits per heavy atom. The maximum atomic E-state index is 4.66. The highest BCUT2D eigenvalue weighted by atomic mass is 14.7. The van der Waals surface area contributed by atoms with E-state index in [0.29, 0.717) is 0 Å². The standard InChI is InChI=1S/C26H28N2/c1-25(2,3)21-13-15-28-24-16-18(11-12-20(21)24)17-26(4,5)22-9-6-10-23-19(22)8-7-14-27-23/h6-16H,17H2,1-5H3. The molecule has 2 heteroatoms. The van der Waals surface area contributed by atoms with Crippen LogP contribution in [0.1, 0.15) is 51.3 Å². The van der Waals surface area contributed by atoms with E-state index < -0.39 is 0 Å². The number of hydrogen-bond donors (Lipinski definition) is 0. The third-order valence-electron chi connectivity index (χ3n) is 5.64. The molecule has 0 saturated heterocycles. The largest absolute Gasteiger partial charge is 0.256 e. The highest BCUT2D eigenvalue weighted by Crippen LogP contribution is 2.34. The van der Waals surface area contributed by atoms with Gasteiger partial charge in [0.1, 0.15) is 0 Å². The van der Waals surface area contributed by atoms with E-state index in [-0.39, 0.29) is 10.8 Å². The van der Waals surface area contributed by atoms with Crippen molar-refractivity contribution < 1.29 is 0 Å². The first-order valence-corrected chi connectivity index (χ1v) is 9.98. The molecule has 0 saturated carbocycles. The highest BCUT2D eigenvalue weighted by Gasteiger charge is 2.24. The van der Waals surface area contributed by atoms with Crippen molar-refractivity contribution in [3.63, 3.8) is 0 Å². The molecular weight excluding hydrogens is 340 g/mol. The molecule has 142 valence electrons. The Morgan fingerprint density at radius 1 is 0.679 bits per heavy atom. The zero-order valence-electron chi connectivity index (χ0n) is 17.5. The summed E-state index contributed by atoms with van der Waals surface area (Å²) in [6, 6.07) is 19.6. The average Bonchev–Trinajstić information content (AvgIpc) is 2.66. The topological polar surface area (TPSA) is 25.8 Å². The molecule has 0 unspecified atom stereocenters. The van der Waals surface area contributed by atoms with Crippen molar-refractivity contribution in [3.8, 4) is 0 Å². The van der Waals surface area contributed by atoms with Crippen molar-refractivity contribution in [2.24, 2.45) is 0 Å². The van der Waals surface area contributed by atoms with E-state index >= 15 is 0 Å². The van der Waals surface area contributed by atoms with E-state index in [4.69, 9.17) is 0 Å². The van der Waals surface area contributed by atoms with Crippen LogP contribution in [-0.2, 0) is 17.3 Å². The number of benzene rings is 2. The van der Waals surface area contributed by atoms with Gasteiger partial charge in [-0.3, -0.25) is 9.97 Å². The molecular formula is C26H28N2. The monoisotopic (exact) mass is 368 g/mol. The zero-order chi connectivity index (χ0) is 19.9. The van der Waals surface area contributed by atoms with E-state index in [9.17, 15) is 0 Å². The van der Waals surface area contributed by atoms with Gasteiger partial charge in [-0.25, -0.2) is 0 Å². The Bertz CT molecular complexity index is 1140. The maximum absolute atomic E-state index is 4.66. The van der Waals surface area contributed by atoms with Gasteiger partial charge in [0.05, 0.1) is 11.0 Å². The van der Waals surface area contributed by atoms with Crippen LogP contribution >= 0.6 is 0 Å². The molecule has 0 aliphatic heterocycles. The Labute approximate surface area is 167 Å². The number of hydrogen-bond acceptors (Lipinski definition) is 2. The molecule has 0 aliphatic rings. The maximum Gasteiger partial charge on any atom is 0.0707 e. The minimum absolute atomic E-state index is 0.00213. The highest BCUT2D eigenvalue weighted by molar-refractivity contribution is 5.84. The predicted molar refractivity (Wildman–Crippen MR) is 119 cm³/mol. The van der Waals surface area contributed by atoms with E-state index in [1.807, 2.05) is 18.5 Å². The summed E-state index contributed by atoms with van der Waals surface area (Å²) in [5.41, 5.74) is 6.26. The fourth-order valence-electron chi connectivity index (χ4n) is 4.26. The van der Waals surface area contributed by atoms with Crippen LogP contribution in [0, 0.1) is 0 Å². The lowest BCUT2D eigenvalue weighted by atomic mass is 9.77. The molecule has 0 aliphatic carbocycles. The molecule has 2 nitrogen and oxygen atoms in total. The fraction of sp³-hybridized carbons (Fsp3) is 0.308. The normalized spacial score (nSPS) is 12.6. The number of aromatic nitrogens is 2. The summed E-state index contributed by atoms with van der Waals surface area (Å²) in [6.45, 7) is 11.4. The van der Waals surface area contributed by atoms with Crippen LogP contribution in [0.15, 0.2) is 67.0 Å². The number of fused-ring (bicyclic) bond motifs is 2. The summed E-state index contributed by atoms with van der Waals surface area (Å²) in [5.74, 6) is 0. The Balaban J connectivity index is 1.75. The average molecular weight is 369 g/mol. The van der Waals surface area contributed by atoms with Gasteiger partial charge < -0.3 is 0 Å². The Morgan fingerprint density at radius 3 is 2.21 bits per heavy atom. The van der Waals surface area contributed by atoms with Crippen LogP contribution in [0.2, 0.25) is 0 Å². The van der Waals surface area contributed by atoms with Gasteiger partial charge in [0.2, 0.25) is 0 Å². The predicted octanol–water partition coefficient (Wildman–Crippen LogP) is 6.60. The first-order chi connectivity index (χ1) is 13.3. The quantitative estimate of drug-likeness (QED) is 0.407. The summed E-state index contributed by atoms with van der Waals surface area (Å²) in [4.78, 5) is 9.18. The molecule has 0 N–H and O–H groups in total. The molecule has 0 fully saturated rings. The van der Waals surface area contributed by atoms with Gasteiger partial charge >= 0.3 is 0 Å². The van der Waals surface area contributed by atoms with E-state index in [1.54, 1.807) is 0 Å². The molecule has 0 bridgehead atoms. The van der Waals surface area contributed by atoms with Crippen LogP contribution in [0.3, 0.4) is 0 Å². The van der Waals surface area contributed by atoms with E-state index in [2.05, 4.69) is 93.1 Å². The third kappa shape index (κ3) is 3.40. The lowest BCUT2D eigenvalue weighted by Crippen LogP contribution is -2.21. The lowest BCUT2D eigenvalue weighted by Gasteiger charge is -2.27. The summed E-state index contributed by atoms with van der Waals surface area (Å²) in [6.07, 6.45) is 4.76. The van der Waals surface area contributed by atoms with Crippen molar-refractivity contribution in [1.29, 1.82) is 0 Å². The van der Waals surface area contributed by atoms with Crippen molar-refractivity contribution >= 4 is 21.8 Å². The SMILES string of the molecule is CC(C)(C)c1ccnc2cc(CC(C)(C)c3cccc4ncccc34)ccc12.